The molecule has 4 aliphatic heterocycles. The van der Waals surface area contributed by atoms with Crippen molar-refractivity contribution in [3.8, 4) is 0 Å². The minimum absolute atomic E-state index is 0.0669. The van der Waals surface area contributed by atoms with Gasteiger partial charge in [0.15, 0.2) is 23.3 Å². The maximum Gasteiger partial charge on any atom is 0.318 e. The van der Waals surface area contributed by atoms with Crippen LogP contribution in [0.5, 0.6) is 0 Å². The maximum atomic E-state index is 15.4. The second-order valence-corrected chi connectivity index (χ2v) is 14.7. The molecular formula is C38H40F4O10. The Morgan fingerprint density at radius 3 is 0.962 bits per heavy atom. The first-order chi connectivity index (χ1) is 24.4. The molecule has 2 aromatic carbocycles. The third-order valence-corrected chi connectivity index (χ3v) is 13.5. The van der Waals surface area contributed by atoms with Gasteiger partial charge in [0.1, 0.15) is 44.1 Å². The van der Waals surface area contributed by atoms with Crippen LogP contribution in [0.1, 0.15) is 78.4 Å². The van der Waals surface area contributed by atoms with E-state index in [0.29, 0.717) is 0 Å². The zero-order valence-electron chi connectivity index (χ0n) is 30.0. The molecule has 2 aliphatic carbocycles. The van der Waals surface area contributed by atoms with Crippen LogP contribution >= 0.6 is 0 Å². The summed E-state index contributed by atoms with van der Waals surface area (Å²) in [5, 5.41) is 0. The Hall–Kier alpha value is -4.04. The molecule has 0 radical (unpaired) electrons. The van der Waals surface area contributed by atoms with E-state index < -0.39 is 103 Å². The molecule has 0 amide bonds. The molecule has 0 atom stereocenters. The van der Waals surface area contributed by atoms with Gasteiger partial charge < -0.3 is 28.4 Å². The number of benzene rings is 2. The number of carbonyl (C=O) groups is 4. The van der Waals surface area contributed by atoms with Gasteiger partial charge in [-0.25, -0.2) is 17.6 Å². The fraction of sp³-hybridized carbons (Fsp3) is 0.579. The molecule has 2 saturated carbocycles. The van der Waals surface area contributed by atoms with Gasteiger partial charge >= 0.3 is 23.9 Å². The molecule has 8 bridgehead atoms. The summed E-state index contributed by atoms with van der Waals surface area (Å²) in [7, 11) is 0. The number of halogens is 4. The molecule has 0 unspecified atom stereocenters. The first-order valence-corrected chi connectivity index (χ1v) is 17.4. The predicted molar refractivity (Wildman–Crippen MR) is 170 cm³/mol. The fourth-order valence-corrected chi connectivity index (χ4v) is 12.6. The van der Waals surface area contributed by atoms with Crippen LogP contribution in [0.15, 0.2) is 36.4 Å². The topological polar surface area (TPSA) is 124 Å². The Balaban J connectivity index is 1.75. The highest BCUT2D eigenvalue weighted by Crippen LogP contribution is 3.02. The summed E-state index contributed by atoms with van der Waals surface area (Å²) in [6.45, 7) is 11.0. The van der Waals surface area contributed by atoms with E-state index in [4.69, 9.17) is 28.4 Å². The number of esters is 4. The number of carbonyl (C=O) groups excluding carboxylic acids is 4. The van der Waals surface area contributed by atoms with Crippen molar-refractivity contribution in [2.24, 2.45) is 21.7 Å². The van der Waals surface area contributed by atoms with E-state index in [2.05, 4.69) is 0 Å². The number of rotatable bonds is 10. The summed E-state index contributed by atoms with van der Waals surface area (Å²) in [4.78, 5) is 60.2. The molecule has 0 aromatic heterocycles. The van der Waals surface area contributed by atoms with Crippen LogP contribution in [0, 0.1) is 44.9 Å². The Bertz CT molecular complexity index is 1700. The normalized spacial score (nSPS) is 41.4. The SMILES string of the molecule is CCOC(=O)C12C(c3ccc(F)c(F)c3)C3(C(=O)OCC)C4(C)OC1(C)C1(C(=O)OCC)C(c5ccc(F)c(F)c5)C4(C(=O)OCC)C3(C)OC21C. The van der Waals surface area contributed by atoms with Crippen molar-refractivity contribution < 1.29 is 65.2 Å². The lowest BCUT2D eigenvalue weighted by Crippen LogP contribution is -3.14. The van der Waals surface area contributed by atoms with Gasteiger partial charge in [-0.3, -0.25) is 19.2 Å². The summed E-state index contributed by atoms with van der Waals surface area (Å²) in [6.07, 6.45) is 0. The van der Waals surface area contributed by atoms with Gasteiger partial charge in [0.05, 0.1) is 26.4 Å². The third kappa shape index (κ3) is 3.07. The van der Waals surface area contributed by atoms with E-state index in [1.807, 2.05) is 0 Å². The fourth-order valence-electron chi connectivity index (χ4n) is 12.6. The van der Waals surface area contributed by atoms with Crippen molar-refractivity contribution >= 4 is 23.9 Å². The van der Waals surface area contributed by atoms with Crippen molar-refractivity contribution in [1.82, 2.24) is 0 Å². The summed E-state index contributed by atoms with van der Waals surface area (Å²) in [6, 6.07) is 5.81. The lowest BCUT2D eigenvalue weighted by molar-refractivity contribution is -0.625. The van der Waals surface area contributed by atoms with Crippen molar-refractivity contribution in [3.05, 3.63) is 70.8 Å². The largest absolute Gasteiger partial charge is 0.465 e. The number of ether oxygens (including phenoxy) is 6. The van der Waals surface area contributed by atoms with Crippen LogP contribution in [-0.4, -0.2) is 72.7 Å². The van der Waals surface area contributed by atoms with Crippen molar-refractivity contribution in [3.63, 3.8) is 0 Å². The Morgan fingerprint density at radius 1 is 0.500 bits per heavy atom. The standard InChI is InChI=1S/C38H40F4O10/c1-9-47-27(43)35-25(19-13-15-21(39)23(41)17-19)36(28(44)48-10-2)33(7)38(30(46)50-12-4)26(20-14-16-22(40)24(42)18-20)37(29(45)49-11-3,31(35,5)51-33)32(35,6)52-34(36,38)8/h13-18,25-26H,9-12H2,1-8H3. The monoisotopic (exact) mass is 732 g/mol. The summed E-state index contributed by atoms with van der Waals surface area (Å²) >= 11 is 0. The molecule has 6 fully saturated rings. The maximum absolute atomic E-state index is 15.4. The molecule has 0 N–H and O–H groups in total. The average Bonchev–Trinajstić information content (AvgIpc) is 3.06. The zero-order valence-corrected chi connectivity index (χ0v) is 30.0. The molecule has 2 aromatic rings. The van der Waals surface area contributed by atoms with E-state index in [1.165, 1.54) is 67.5 Å². The van der Waals surface area contributed by atoms with E-state index in [9.17, 15) is 8.78 Å². The van der Waals surface area contributed by atoms with Crippen molar-refractivity contribution in [1.29, 1.82) is 0 Å². The summed E-state index contributed by atoms with van der Waals surface area (Å²) in [5.41, 5.74) is -17.9. The lowest BCUT2D eigenvalue weighted by Gasteiger charge is -2.99. The second kappa shape index (κ2) is 10.8. The van der Waals surface area contributed by atoms with Crippen LogP contribution in [0.4, 0.5) is 17.6 Å². The van der Waals surface area contributed by atoms with E-state index in [-0.39, 0.29) is 37.6 Å². The molecule has 4 saturated heterocycles. The third-order valence-electron chi connectivity index (χ3n) is 13.5. The highest BCUT2D eigenvalue weighted by molar-refractivity contribution is 6.05. The van der Waals surface area contributed by atoms with Crippen LogP contribution in [0.25, 0.3) is 0 Å². The van der Waals surface area contributed by atoms with Gasteiger partial charge in [-0.15, -0.1) is 0 Å². The smallest absolute Gasteiger partial charge is 0.318 e. The Labute approximate surface area is 297 Å². The molecule has 280 valence electrons. The minimum Gasteiger partial charge on any atom is -0.465 e. The average molecular weight is 733 g/mol. The van der Waals surface area contributed by atoms with E-state index >= 15 is 28.0 Å². The van der Waals surface area contributed by atoms with Gasteiger partial charge in [0, 0.05) is 11.8 Å². The van der Waals surface area contributed by atoms with Crippen molar-refractivity contribution in [2.45, 2.75) is 89.6 Å². The van der Waals surface area contributed by atoms with Gasteiger partial charge in [-0.2, -0.15) is 0 Å². The molecule has 14 heteroatoms. The highest BCUT2D eigenvalue weighted by Gasteiger charge is 3.16. The van der Waals surface area contributed by atoms with Crippen molar-refractivity contribution in [2.75, 3.05) is 26.4 Å². The molecule has 4 heterocycles. The first kappa shape index (κ1) is 36.3. The van der Waals surface area contributed by atoms with Crippen LogP contribution in [0.3, 0.4) is 0 Å². The highest BCUT2D eigenvalue weighted by atomic mass is 19.2. The predicted octanol–water partition coefficient (Wildman–Crippen LogP) is 5.44. The number of hydrogen-bond acceptors (Lipinski definition) is 10. The first-order valence-electron chi connectivity index (χ1n) is 17.4. The summed E-state index contributed by atoms with van der Waals surface area (Å²) in [5.74, 6) is -12.2. The van der Waals surface area contributed by atoms with Crippen LogP contribution in [0.2, 0.25) is 0 Å². The minimum atomic E-state index is -2.27. The van der Waals surface area contributed by atoms with Gasteiger partial charge in [0.2, 0.25) is 0 Å². The summed E-state index contributed by atoms with van der Waals surface area (Å²) < 4.78 is 97.5. The Kier molecular flexibility index (Phi) is 7.52. The lowest BCUT2D eigenvalue weighted by atomic mass is 9.09. The van der Waals surface area contributed by atoms with Gasteiger partial charge in [-0.1, -0.05) is 12.1 Å². The van der Waals surface area contributed by atoms with Gasteiger partial charge in [-0.05, 0) is 90.8 Å². The van der Waals surface area contributed by atoms with E-state index in [0.717, 1.165) is 24.3 Å². The zero-order chi connectivity index (χ0) is 38.2. The van der Waals surface area contributed by atoms with Crippen LogP contribution < -0.4 is 0 Å². The van der Waals surface area contributed by atoms with E-state index in [1.54, 1.807) is 0 Å². The van der Waals surface area contributed by atoms with Crippen LogP contribution in [-0.2, 0) is 47.6 Å². The molecule has 10 nitrogen and oxygen atoms in total. The molecule has 0 spiro atoms. The molecule has 8 rings (SSSR count). The molecule has 6 aliphatic rings. The van der Waals surface area contributed by atoms with Gasteiger partial charge in [0.25, 0.3) is 0 Å². The Morgan fingerprint density at radius 2 is 0.750 bits per heavy atom. The second-order valence-electron chi connectivity index (χ2n) is 14.7. The molecular weight excluding hydrogens is 692 g/mol. The molecule has 52 heavy (non-hydrogen) atoms. The quantitative estimate of drug-likeness (QED) is 0.177. The number of hydrogen-bond donors (Lipinski definition) is 0.